The summed E-state index contributed by atoms with van der Waals surface area (Å²) in [6.45, 7) is 0. The minimum Gasteiger partial charge on any atom is -0.744 e. The maximum atomic E-state index is 13.5. The molecule has 0 fully saturated rings. The molecule has 6 rings (SSSR count). The van der Waals surface area contributed by atoms with E-state index in [0.29, 0.717) is 44.9 Å². The van der Waals surface area contributed by atoms with Gasteiger partial charge < -0.3 is 26.3 Å². The van der Waals surface area contributed by atoms with E-state index in [1.165, 1.54) is 66.7 Å². The van der Waals surface area contributed by atoms with Gasteiger partial charge in [-0.2, -0.15) is 15.3 Å². The molecule has 0 saturated carbocycles. The normalized spacial score (nSPS) is 13.8. The molecule has 52 heavy (non-hydrogen) atoms. The Balaban J connectivity index is 0.00000302. The van der Waals surface area contributed by atoms with Gasteiger partial charge in [-0.3, -0.25) is 10.2 Å². The number of hydrogen-bond acceptors (Lipinski definition) is 16. The molecule has 252 valence electrons. The van der Waals surface area contributed by atoms with Gasteiger partial charge >= 0.3 is 59.1 Å². The fourth-order valence-corrected chi connectivity index (χ4v) is 6.00. The monoisotopic (exact) mass is 755 g/mol. The van der Waals surface area contributed by atoms with Crippen LogP contribution in [0.25, 0.3) is 16.8 Å². The summed E-state index contributed by atoms with van der Waals surface area (Å²) in [5.74, 6) is -0.838. The smallest absolute Gasteiger partial charge is 0.744 e. The topological polar surface area (TPSA) is 283 Å². The molecular weight excluding hydrogens is 733 g/mol. The van der Waals surface area contributed by atoms with E-state index >= 15 is 0 Å². The summed E-state index contributed by atoms with van der Waals surface area (Å²) in [4.78, 5) is 12.2. The molecule has 0 heterocycles. The Hall–Kier alpha value is -4.34. The van der Waals surface area contributed by atoms with E-state index in [1.54, 1.807) is 18.2 Å². The van der Waals surface area contributed by atoms with E-state index in [2.05, 4.69) is 31.0 Å². The first-order chi connectivity index (χ1) is 23.7. The number of hydrogen-bond donors (Lipinski definition) is 4. The van der Waals surface area contributed by atoms with Crippen LogP contribution >= 0.6 is 0 Å². The second kappa shape index (κ2) is 16.1. The molecule has 0 spiro atoms. The summed E-state index contributed by atoms with van der Waals surface area (Å²) < 4.78 is 70.7. The van der Waals surface area contributed by atoms with Gasteiger partial charge in [-0.1, -0.05) is 12.1 Å². The zero-order valence-electron chi connectivity index (χ0n) is 27.4. The number of benzene rings is 5. The SMILES string of the molecule is Nc1ccc(N=Nc2ccc3c(c2)C(=O)/C(=N/Nc2ccc(N=Nc4ccc(N)c5cc(S(=O)(=O)[O-])ccc45)cc2)C(S(=O)(=O)[O-])=C3)c(N)c1.[Na+].[Na+]. The van der Waals surface area contributed by atoms with Crippen molar-refractivity contribution in [3.63, 3.8) is 0 Å². The third-order valence-electron chi connectivity index (χ3n) is 7.34. The molecule has 16 nitrogen and oxygen atoms in total. The number of carbonyl (C=O) groups excluding carboxylic acids is 1. The quantitative estimate of drug-likeness (QED) is 0.0532. The Labute approximate surface area is 341 Å². The Morgan fingerprint density at radius 3 is 1.94 bits per heavy atom. The number of fused-ring (bicyclic) bond motifs is 2. The molecular formula is C32H23N9Na2O7S2. The van der Waals surface area contributed by atoms with Crippen LogP contribution < -0.4 is 81.7 Å². The number of nitrogens with one attached hydrogen (secondary N) is 1. The van der Waals surface area contributed by atoms with Crippen molar-refractivity contribution in [1.29, 1.82) is 0 Å². The molecule has 20 heteroatoms. The zero-order chi connectivity index (χ0) is 35.8. The number of nitrogen functional groups attached to an aromatic ring is 3. The molecule has 1 aliphatic carbocycles. The molecule has 0 aromatic heterocycles. The molecule has 0 amide bonds. The summed E-state index contributed by atoms with van der Waals surface area (Å²) in [5.41, 5.74) is 22.4. The molecule has 0 bridgehead atoms. The Kier molecular flexibility index (Phi) is 12.5. The van der Waals surface area contributed by atoms with Crippen molar-refractivity contribution in [2.45, 2.75) is 4.90 Å². The summed E-state index contributed by atoms with van der Waals surface area (Å²) in [6.07, 6.45) is 1.06. The van der Waals surface area contributed by atoms with Gasteiger partial charge in [0.25, 0.3) is 0 Å². The molecule has 0 unspecified atom stereocenters. The minimum atomic E-state index is -5.12. The van der Waals surface area contributed by atoms with Gasteiger partial charge in [-0.15, -0.1) is 10.2 Å². The molecule has 0 atom stereocenters. The summed E-state index contributed by atoms with van der Waals surface area (Å²) >= 11 is 0. The summed E-state index contributed by atoms with van der Waals surface area (Å²) in [7, 11) is -9.81. The van der Waals surface area contributed by atoms with E-state index in [-0.39, 0.29) is 81.6 Å². The van der Waals surface area contributed by atoms with Gasteiger partial charge in [0, 0.05) is 27.7 Å². The molecule has 0 saturated heterocycles. The molecule has 7 N–H and O–H groups in total. The average Bonchev–Trinajstić information content (AvgIpc) is 3.07. The van der Waals surface area contributed by atoms with Crippen LogP contribution in [-0.2, 0) is 20.2 Å². The largest absolute Gasteiger partial charge is 1.00 e. The van der Waals surface area contributed by atoms with Crippen LogP contribution in [0.3, 0.4) is 0 Å². The van der Waals surface area contributed by atoms with Crippen LogP contribution in [0.15, 0.2) is 126 Å². The zero-order valence-corrected chi connectivity index (χ0v) is 33.0. The van der Waals surface area contributed by atoms with Crippen LogP contribution in [-0.4, -0.2) is 37.4 Å². The Bertz CT molecular complexity index is 2580. The molecule has 5 aromatic carbocycles. The average molecular weight is 756 g/mol. The van der Waals surface area contributed by atoms with Crippen molar-refractivity contribution in [3.8, 4) is 0 Å². The number of anilines is 4. The predicted molar refractivity (Wildman–Crippen MR) is 186 cm³/mol. The van der Waals surface area contributed by atoms with Crippen molar-refractivity contribution in [1.82, 2.24) is 0 Å². The number of ketones is 1. The van der Waals surface area contributed by atoms with Crippen LogP contribution in [0.1, 0.15) is 15.9 Å². The molecule has 1 aliphatic rings. The van der Waals surface area contributed by atoms with Crippen LogP contribution in [0.5, 0.6) is 0 Å². The number of nitrogens with two attached hydrogens (primary N) is 3. The minimum absolute atomic E-state index is 0. The van der Waals surface area contributed by atoms with Crippen LogP contribution in [0.2, 0.25) is 0 Å². The van der Waals surface area contributed by atoms with Crippen molar-refractivity contribution in [2.24, 2.45) is 25.6 Å². The first-order valence-corrected chi connectivity index (χ1v) is 17.1. The maximum absolute atomic E-state index is 13.5. The van der Waals surface area contributed by atoms with Gasteiger partial charge in [0.2, 0.25) is 5.78 Å². The van der Waals surface area contributed by atoms with E-state index in [9.17, 15) is 30.7 Å². The third-order valence-corrected chi connectivity index (χ3v) is 9.02. The number of carbonyl (C=O) groups is 1. The van der Waals surface area contributed by atoms with E-state index in [4.69, 9.17) is 17.2 Å². The third kappa shape index (κ3) is 8.99. The number of azo groups is 2. The van der Waals surface area contributed by atoms with Crippen molar-refractivity contribution in [2.75, 3.05) is 22.6 Å². The number of rotatable bonds is 8. The second-order valence-electron chi connectivity index (χ2n) is 10.7. The molecule has 5 aromatic rings. The maximum Gasteiger partial charge on any atom is 1.00 e. The van der Waals surface area contributed by atoms with E-state index in [1.807, 2.05) is 0 Å². The number of allylic oxidation sites excluding steroid dienone is 1. The van der Waals surface area contributed by atoms with E-state index < -0.39 is 41.5 Å². The van der Waals surface area contributed by atoms with Gasteiger partial charge in [0.15, 0.2) is 0 Å². The van der Waals surface area contributed by atoms with Crippen molar-refractivity contribution < 1.29 is 89.9 Å². The van der Waals surface area contributed by atoms with E-state index in [0.717, 1.165) is 12.1 Å². The predicted octanol–water partition coefficient (Wildman–Crippen LogP) is -0.120. The summed E-state index contributed by atoms with van der Waals surface area (Å²) in [5, 5.41) is 21.3. The standard InChI is InChI=1S/C32H25N9O7S2.2Na/c33-18-2-11-29(27(35)14-18)40-38-21-3-1-17-13-30(50(46,47)48)31(32(42)24(17)15-21)41-37-20-6-4-19(5-7-20)36-39-28-12-10-26(34)25-16-22(49(43,44)45)8-9-23(25)28;;/h1-16,37H,33-35H2,(H,43,44,45)(H,46,47,48);;/q;2*+1/p-2/b39-36?,40-38?,41-31+;;. The Morgan fingerprint density at radius 2 is 1.27 bits per heavy atom. The Morgan fingerprint density at radius 1 is 0.615 bits per heavy atom. The van der Waals surface area contributed by atoms with Crippen molar-refractivity contribution in [3.05, 3.63) is 107 Å². The van der Waals surface area contributed by atoms with Gasteiger partial charge in [0.05, 0.1) is 38.2 Å². The van der Waals surface area contributed by atoms with Crippen molar-refractivity contribution >= 4 is 94.1 Å². The first-order valence-electron chi connectivity index (χ1n) is 14.2. The molecule has 0 aliphatic heterocycles. The van der Waals surface area contributed by atoms with Gasteiger partial charge in [-0.05, 0) is 90.5 Å². The second-order valence-corrected chi connectivity index (χ2v) is 13.5. The van der Waals surface area contributed by atoms with Crippen LogP contribution in [0, 0.1) is 0 Å². The summed E-state index contributed by atoms with van der Waals surface area (Å²) in [6, 6.07) is 21.9. The first kappa shape index (κ1) is 40.4. The van der Waals surface area contributed by atoms with Gasteiger partial charge in [0.1, 0.15) is 31.6 Å². The van der Waals surface area contributed by atoms with Crippen LogP contribution in [0.4, 0.5) is 45.5 Å². The number of nitrogens with zero attached hydrogens (tertiary/aromatic N) is 5. The number of hydrazone groups is 1. The molecule has 0 radical (unpaired) electrons. The fraction of sp³-hybridized carbons (Fsp3) is 0. The fourth-order valence-electron chi connectivity index (χ4n) is 4.86. The van der Waals surface area contributed by atoms with Gasteiger partial charge in [-0.25, -0.2) is 16.8 Å². The number of Topliss-reactive ketones (excluding diaryl/α,β-unsaturated/α-hetero) is 1.